The molecule has 81 heavy (non-hydrogen) atoms. The van der Waals surface area contributed by atoms with Crippen LogP contribution in [-0.4, -0.2) is 153 Å². The average Bonchev–Trinajstić information content (AvgIpc) is 2.46. The first-order chi connectivity index (χ1) is 37.8. The van der Waals surface area contributed by atoms with Gasteiger partial charge in [0.05, 0.1) is 21.5 Å². The number of fused-ring (bicyclic) bond motifs is 8. The maximum absolute atomic E-state index is 12.5. The van der Waals surface area contributed by atoms with Gasteiger partial charge in [0, 0.05) is 76.5 Å². The number of hydrogen-bond acceptors (Lipinski definition) is 31. The van der Waals surface area contributed by atoms with Crippen molar-refractivity contribution in [3.63, 3.8) is 0 Å². The van der Waals surface area contributed by atoms with Crippen LogP contribution in [0.2, 0.25) is 0 Å². The Bertz CT molecular complexity index is 4830. The van der Waals surface area contributed by atoms with Gasteiger partial charge in [0.15, 0.2) is 103 Å². The van der Waals surface area contributed by atoms with E-state index in [2.05, 4.69) is 0 Å². The molecule has 11 rings (SSSR count). The molecule has 0 saturated carbocycles. The zero-order valence-corrected chi connectivity index (χ0v) is 38.8. The Hall–Kier alpha value is -12.7. The van der Waals surface area contributed by atoms with E-state index >= 15 is 0 Å². The lowest BCUT2D eigenvalue weighted by Gasteiger charge is -2.26. The van der Waals surface area contributed by atoms with Gasteiger partial charge in [-0.25, -0.2) is 0 Å². The minimum Gasteiger partial charge on any atom is -0.506 e. The number of rotatable bonds is 3. The van der Waals surface area contributed by atoms with Gasteiger partial charge in [-0.15, -0.1) is 0 Å². The molecule has 0 unspecified atom stereocenters. The van der Waals surface area contributed by atoms with Crippen molar-refractivity contribution in [1.82, 2.24) is 0 Å². The summed E-state index contributed by atoms with van der Waals surface area (Å²) < 4.78 is 5.59. The van der Waals surface area contributed by atoms with E-state index in [4.69, 9.17) is 4.42 Å². The topological polar surface area (TPSA) is 620 Å². The highest BCUT2D eigenvalue weighted by Gasteiger charge is 2.42. The lowest BCUT2D eigenvalue weighted by molar-refractivity contribution is 0.347. The Balaban J connectivity index is 1.48. The Kier molecular flexibility index (Phi) is 9.63. The summed E-state index contributed by atoms with van der Waals surface area (Å²) in [5.74, 6) is -52.1. The molecule has 0 atom stereocenters. The third-order valence-corrected chi connectivity index (χ3v) is 14.1. The molecule has 0 amide bonds. The van der Waals surface area contributed by atoms with Gasteiger partial charge in [-0.2, -0.15) is 0 Å². The van der Waals surface area contributed by atoms with Crippen LogP contribution in [0.3, 0.4) is 0 Å². The highest BCUT2D eigenvalue weighted by molar-refractivity contribution is 6.36. The molecule has 10 aromatic carbocycles. The molecule has 11 aromatic rings. The fourth-order valence-corrected chi connectivity index (χ4v) is 10.5. The zero-order valence-electron chi connectivity index (χ0n) is 38.8. The van der Waals surface area contributed by atoms with E-state index in [1.165, 1.54) is 0 Å². The Morgan fingerprint density at radius 2 is 0.284 bits per heavy atom. The molecule has 0 aliphatic rings. The zero-order chi connectivity index (χ0) is 59.6. The van der Waals surface area contributed by atoms with E-state index < -0.39 is 282 Å². The van der Waals surface area contributed by atoms with Crippen LogP contribution in [0.5, 0.6) is 172 Å². The summed E-state index contributed by atoms with van der Waals surface area (Å²) >= 11 is 0. The van der Waals surface area contributed by atoms with Crippen LogP contribution in [0.4, 0.5) is 0 Å². The van der Waals surface area contributed by atoms with Gasteiger partial charge in [-0.3, -0.25) is 0 Å². The van der Waals surface area contributed by atoms with E-state index in [0.29, 0.717) is 0 Å². The largest absolute Gasteiger partial charge is 0.506 e. The van der Waals surface area contributed by atoms with Crippen molar-refractivity contribution in [1.29, 1.82) is 0 Å². The number of phenolic OH excluding ortho intramolecular Hbond substituents is 30. The minimum absolute atomic E-state index is 1.12. The summed E-state index contributed by atoms with van der Waals surface area (Å²) in [6.07, 6.45) is 0. The second-order valence-electron chi connectivity index (χ2n) is 18.0. The molecule has 0 aliphatic heterocycles. The number of phenols is 30. The number of hydrogen-bond donors (Lipinski definition) is 30. The molecular formula is C50H30O31. The smallest absolute Gasteiger partial charge is 0.205 e. The van der Waals surface area contributed by atoms with Crippen molar-refractivity contribution in [2.45, 2.75) is 0 Å². The van der Waals surface area contributed by atoms with E-state index in [1.807, 2.05) is 0 Å². The normalized spacial score (nSPS) is 12.0. The van der Waals surface area contributed by atoms with Crippen molar-refractivity contribution >= 4 is 75.8 Å². The lowest BCUT2D eigenvalue weighted by atomic mass is 9.79. The maximum Gasteiger partial charge on any atom is 0.205 e. The Labute approximate surface area is 438 Å². The molecule has 0 fully saturated rings. The highest BCUT2D eigenvalue weighted by Crippen LogP contribution is 2.71. The van der Waals surface area contributed by atoms with Crippen LogP contribution in [0.1, 0.15) is 0 Å². The predicted molar refractivity (Wildman–Crippen MR) is 268 cm³/mol. The first kappa shape index (κ1) is 50.5. The fourth-order valence-electron chi connectivity index (χ4n) is 10.5. The van der Waals surface area contributed by atoms with Gasteiger partial charge in [-0.1, -0.05) is 0 Å². The average molecular weight is 1130 g/mol. The van der Waals surface area contributed by atoms with Crippen LogP contribution < -0.4 is 0 Å². The Morgan fingerprint density at radius 1 is 0.111 bits per heavy atom. The van der Waals surface area contributed by atoms with Crippen molar-refractivity contribution < 1.29 is 158 Å². The molecule has 0 spiro atoms. The molecule has 30 N–H and O–H groups in total. The van der Waals surface area contributed by atoms with Gasteiger partial charge >= 0.3 is 0 Å². The van der Waals surface area contributed by atoms with Crippen molar-refractivity contribution in [3.8, 4) is 206 Å². The first-order valence-corrected chi connectivity index (χ1v) is 21.9. The molecule has 1 aromatic heterocycles. The lowest BCUT2D eigenvalue weighted by Crippen LogP contribution is -1.98. The van der Waals surface area contributed by atoms with E-state index in [0.717, 1.165) is 0 Å². The van der Waals surface area contributed by atoms with E-state index in [-0.39, 0.29) is 0 Å². The third kappa shape index (κ3) is 5.55. The quantitative estimate of drug-likeness (QED) is 0.0588. The predicted octanol–water partition coefficient (Wildman–Crippen LogP) is 5.52. The summed E-state index contributed by atoms with van der Waals surface area (Å²) in [6, 6.07) is 0. The minimum atomic E-state index is -1.99. The fraction of sp³-hybridized carbons (Fsp3) is 0. The summed E-state index contributed by atoms with van der Waals surface area (Å²) in [7, 11) is 0. The number of benzene rings is 10. The molecule has 0 aliphatic carbocycles. The number of aromatic hydroxyl groups is 30. The standard InChI is InChI=1S/C50H30O31/c51-19-16-17(34(66)46(78)45(77)33(16)65)35(67)50-18(19)14-8(26(58)47(79)48(80)49(14)81-50)2-5-3(22(54)37(69)39(71)24(5)56)1(4-6(2)25(57)40(72)38(70)23(4)55)7-9-11(29(61)42(74)41(73)28(9)60)10(21(53)20(7)52)12-13-15(31(63)36(68)27(12)59)32(64)44(76)43(75)30(13)62/h51-80H. The summed E-state index contributed by atoms with van der Waals surface area (Å²) in [5, 5.41) is 325. The molecule has 31 nitrogen and oxygen atoms in total. The van der Waals surface area contributed by atoms with Crippen molar-refractivity contribution in [2.24, 2.45) is 0 Å². The van der Waals surface area contributed by atoms with Gasteiger partial charge in [-0.05, 0) is 0 Å². The molecule has 416 valence electrons. The van der Waals surface area contributed by atoms with E-state index in [1.54, 1.807) is 0 Å². The monoisotopic (exact) mass is 1130 g/mol. The van der Waals surface area contributed by atoms with Crippen LogP contribution >= 0.6 is 0 Å². The van der Waals surface area contributed by atoms with Crippen molar-refractivity contribution in [3.05, 3.63) is 0 Å². The van der Waals surface area contributed by atoms with Crippen LogP contribution in [0.25, 0.3) is 109 Å². The summed E-state index contributed by atoms with van der Waals surface area (Å²) in [4.78, 5) is 0. The SMILES string of the molecule is Oc1c(O)c(-c2c3c(O)c(O)c(O)c(O)c3c(-c3c(O)c(O)c(-c4c(O)c(O)c(O)c5c(O)c(O)c(O)c(O)c45)c4c(O)c(O)c(O)c(O)c34)c3c(O)c(O)c(O)c(O)c23)c2c(oc3c(O)c4c(O)c(O)c(O)c(O)c4c(O)c32)c1O. The molecule has 0 bridgehead atoms. The maximum atomic E-state index is 12.5. The highest BCUT2D eigenvalue weighted by atomic mass is 16.4. The Morgan fingerprint density at radius 3 is 0.593 bits per heavy atom. The van der Waals surface area contributed by atoms with Gasteiger partial charge < -0.3 is 158 Å². The van der Waals surface area contributed by atoms with E-state index in [9.17, 15) is 153 Å². The first-order valence-electron chi connectivity index (χ1n) is 21.9. The van der Waals surface area contributed by atoms with Crippen LogP contribution in [0.15, 0.2) is 4.42 Å². The summed E-state index contributed by atoms with van der Waals surface area (Å²) in [5.41, 5.74) is -11.5. The molecular weight excluding hydrogens is 1100 g/mol. The summed E-state index contributed by atoms with van der Waals surface area (Å²) in [6.45, 7) is 0. The van der Waals surface area contributed by atoms with Gasteiger partial charge in [0.1, 0.15) is 5.75 Å². The van der Waals surface area contributed by atoms with Gasteiger partial charge in [0.25, 0.3) is 0 Å². The van der Waals surface area contributed by atoms with Crippen LogP contribution in [-0.2, 0) is 0 Å². The van der Waals surface area contributed by atoms with Crippen LogP contribution in [0, 0.1) is 0 Å². The molecule has 31 heteroatoms. The number of furan rings is 1. The second kappa shape index (κ2) is 15.5. The van der Waals surface area contributed by atoms with Gasteiger partial charge in [0.2, 0.25) is 74.7 Å². The van der Waals surface area contributed by atoms with Crippen molar-refractivity contribution in [2.75, 3.05) is 0 Å². The molecule has 0 saturated heterocycles. The second-order valence-corrected chi connectivity index (χ2v) is 18.0. The molecule has 1 heterocycles. The third-order valence-electron chi connectivity index (χ3n) is 14.1. The molecule has 0 radical (unpaired) electrons.